The van der Waals surface area contributed by atoms with E-state index in [1.807, 2.05) is 6.08 Å². The number of hydrogen-bond donors (Lipinski definition) is 1. The summed E-state index contributed by atoms with van der Waals surface area (Å²) in [6.07, 6.45) is 12.2. The van der Waals surface area contributed by atoms with E-state index in [1.165, 1.54) is 32.1 Å². The minimum absolute atomic E-state index is 0.109. The van der Waals surface area contributed by atoms with E-state index in [0.29, 0.717) is 30.7 Å². The normalized spacial score (nSPS) is 29.2. The summed E-state index contributed by atoms with van der Waals surface area (Å²) in [6, 6.07) is 0. The maximum Gasteiger partial charge on any atom is 0.286 e. The number of nitrogens with one attached hydrogen (secondary N) is 1. The molecule has 3 unspecified atom stereocenters. The van der Waals surface area contributed by atoms with Gasteiger partial charge in [0.25, 0.3) is 5.91 Å². The SMILES string of the molecule is CC(C)OC1CCC2OC(C(=O)NCCOCC3CCCCC3)=CC2C1. The predicted octanol–water partition coefficient (Wildman–Crippen LogP) is 3.58. The van der Waals surface area contributed by atoms with E-state index < -0.39 is 0 Å². The third kappa shape index (κ3) is 5.71. The van der Waals surface area contributed by atoms with Crippen molar-refractivity contribution in [2.24, 2.45) is 11.8 Å². The Morgan fingerprint density at radius 2 is 2.04 bits per heavy atom. The summed E-state index contributed by atoms with van der Waals surface area (Å²) >= 11 is 0. The van der Waals surface area contributed by atoms with Gasteiger partial charge in [-0.25, -0.2) is 0 Å². The summed E-state index contributed by atoms with van der Waals surface area (Å²) < 4.78 is 17.6. The van der Waals surface area contributed by atoms with Crippen molar-refractivity contribution >= 4 is 5.91 Å². The molecular weight excluding hydrogens is 330 g/mol. The summed E-state index contributed by atoms with van der Waals surface area (Å²) in [4.78, 5) is 12.3. The Balaban J connectivity index is 1.33. The first-order valence-corrected chi connectivity index (χ1v) is 10.5. The van der Waals surface area contributed by atoms with Gasteiger partial charge >= 0.3 is 0 Å². The molecule has 26 heavy (non-hydrogen) atoms. The van der Waals surface area contributed by atoms with Crippen LogP contribution in [0, 0.1) is 11.8 Å². The second-order valence-corrected chi connectivity index (χ2v) is 8.31. The summed E-state index contributed by atoms with van der Waals surface area (Å²) in [5, 5.41) is 2.93. The fraction of sp³-hybridized carbons (Fsp3) is 0.857. The number of amides is 1. The lowest BCUT2D eigenvalue weighted by Gasteiger charge is -2.31. The second-order valence-electron chi connectivity index (χ2n) is 8.31. The molecule has 5 heteroatoms. The molecule has 0 spiro atoms. The van der Waals surface area contributed by atoms with Crippen LogP contribution in [0.1, 0.15) is 65.2 Å². The Morgan fingerprint density at radius 3 is 2.81 bits per heavy atom. The number of carbonyl (C=O) groups is 1. The topological polar surface area (TPSA) is 56.8 Å². The minimum Gasteiger partial charge on any atom is -0.484 e. The zero-order valence-electron chi connectivity index (χ0n) is 16.4. The van der Waals surface area contributed by atoms with Gasteiger partial charge in [0.05, 0.1) is 18.8 Å². The van der Waals surface area contributed by atoms with Crippen LogP contribution in [0.3, 0.4) is 0 Å². The highest BCUT2D eigenvalue weighted by Crippen LogP contribution is 2.36. The summed E-state index contributed by atoms with van der Waals surface area (Å²) in [7, 11) is 0. The van der Waals surface area contributed by atoms with Gasteiger partial charge in [0, 0.05) is 19.1 Å². The van der Waals surface area contributed by atoms with Crippen LogP contribution in [0.25, 0.3) is 0 Å². The van der Waals surface area contributed by atoms with Gasteiger partial charge in [-0.2, -0.15) is 0 Å². The van der Waals surface area contributed by atoms with Crippen LogP contribution in [0.5, 0.6) is 0 Å². The van der Waals surface area contributed by atoms with Crippen LogP contribution in [0.15, 0.2) is 11.8 Å². The van der Waals surface area contributed by atoms with Crippen molar-refractivity contribution in [2.45, 2.75) is 83.5 Å². The number of hydrogen-bond acceptors (Lipinski definition) is 4. The zero-order chi connectivity index (χ0) is 18.4. The molecule has 3 rings (SSSR count). The highest BCUT2D eigenvalue weighted by Gasteiger charge is 2.37. The van der Waals surface area contributed by atoms with Crippen molar-refractivity contribution < 1.29 is 19.0 Å². The highest BCUT2D eigenvalue weighted by molar-refractivity contribution is 5.91. The molecule has 1 amide bonds. The van der Waals surface area contributed by atoms with Crippen molar-refractivity contribution in [1.82, 2.24) is 5.32 Å². The van der Waals surface area contributed by atoms with Crippen LogP contribution in [0.2, 0.25) is 0 Å². The second kappa shape index (κ2) is 9.75. The summed E-state index contributed by atoms with van der Waals surface area (Å²) in [5.74, 6) is 1.39. The van der Waals surface area contributed by atoms with Crippen molar-refractivity contribution in [3.63, 3.8) is 0 Å². The number of fused-ring (bicyclic) bond motifs is 1. The molecule has 3 atom stereocenters. The highest BCUT2D eigenvalue weighted by atomic mass is 16.5. The molecule has 0 aromatic carbocycles. The molecule has 5 nitrogen and oxygen atoms in total. The fourth-order valence-electron chi connectivity index (χ4n) is 4.42. The molecule has 1 aliphatic heterocycles. The first-order valence-electron chi connectivity index (χ1n) is 10.5. The number of carbonyl (C=O) groups excluding carboxylic acids is 1. The Bertz CT molecular complexity index is 484. The molecular formula is C21H35NO4. The van der Waals surface area contributed by atoms with Gasteiger partial charge in [0.15, 0.2) is 5.76 Å². The lowest BCUT2D eigenvalue weighted by molar-refractivity contribution is -0.122. The van der Waals surface area contributed by atoms with Gasteiger partial charge in [-0.1, -0.05) is 19.3 Å². The molecule has 1 N–H and O–H groups in total. The van der Waals surface area contributed by atoms with E-state index in [4.69, 9.17) is 14.2 Å². The van der Waals surface area contributed by atoms with E-state index >= 15 is 0 Å². The Hall–Kier alpha value is -1.07. The molecule has 0 saturated heterocycles. The van der Waals surface area contributed by atoms with Gasteiger partial charge in [-0.3, -0.25) is 4.79 Å². The first-order chi connectivity index (χ1) is 12.6. The molecule has 2 fully saturated rings. The van der Waals surface area contributed by atoms with Crippen molar-refractivity contribution in [2.75, 3.05) is 19.8 Å². The lowest BCUT2D eigenvalue weighted by atomic mass is 9.85. The molecule has 0 bridgehead atoms. The van der Waals surface area contributed by atoms with Crippen LogP contribution in [0.4, 0.5) is 0 Å². The van der Waals surface area contributed by atoms with Gasteiger partial charge in [0.1, 0.15) is 6.10 Å². The Kier molecular flexibility index (Phi) is 7.38. The Labute approximate surface area is 157 Å². The van der Waals surface area contributed by atoms with Crippen LogP contribution in [-0.4, -0.2) is 44.0 Å². The molecule has 2 saturated carbocycles. The van der Waals surface area contributed by atoms with Gasteiger partial charge < -0.3 is 19.5 Å². The molecule has 3 aliphatic rings. The largest absolute Gasteiger partial charge is 0.484 e. The average molecular weight is 366 g/mol. The van der Waals surface area contributed by atoms with Gasteiger partial charge in [-0.05, 0) is 57.9 Å². The summed E-state index contributed by atoms with van der Waals surface area (Å²) in [5.41, 5.74) is 0. The Morgan fingerprint density at radius 1 is 1.23 bits per heavy atom. The quantitative estimate of drug-likeness (QED) is 0.668. The molecule has 2 aliphatic carbocycles. The van der Waals surface area contributed by atoms with Crippen molar-refractivity contribution in [1.29, 1.82) is 0 Å². The van der Waals surface area contributed by atoms with Crippen LogP contribution in [-0.2, 0) is 19.0 Å². The number of ether oxygens (including phenoxy) is 3. The van der Waals surface area contributed by atoms with E-state index in [-0.39, 0.29) is 24.2 Å². The van der Waals surface area contributed by atoms with Crippen molar-refractivity contribution in [3.8, 4) is 0 Å². The third-order valence-electron chi connectivity index (χ3n) is 5.73. The van der Waals surface area contributed by atoms with Crippen LogP contribution >= 0.6 is 0 Å². The predicted molar refractivity (Wildman–Crippen MR) is 101 cm³/mol. The van der Waals surface area contributed by atoms with Gasteiger partial charge in [0.2, 0.25) is 0 Å². The smallest absolute Gasteiger partial charge is 0.286 e. The standard InChI is InChI=1S/C21H35NO4/c1-15(2)25-18-8-9-19-17(12-18)13-20(26-19)21(23)22-10-11-24-14-16-6-4-3-5-7-16/h13,15-19H,3-12,14H2,1-2H3,(H,22,23). The number of rotatable bonds is 8. The molecule has 0 aromatic heterocycles. The minimum atomic E-state index is -0.109. The van der Waals surface area contributed by atoms with Gasteiger partial charge in [-0.15, -0.1) is 0 Å². The lowest BCUT2D eigenvalue weighted by Crippen LogP contribution is -2.33. The molecule has 1 heterocycles. The first kappa shape index (κ1) is 19.7. The average Bonchev–Trinajstić information content (AvgIpc) is 3.05. The fourth-order valence-corrected chi connectivity index (χ4v) is 4.42. The third-order valence-corrected chi connectivity index (χ3v) is 5.73. The van der Waals surface area contributed by atoms with E-state index in [2.05, 4.69) is 19.2 Å². The van der Waals surface area contributed by atoms with E-state index in [1.54, 1.807) is 0 Å². The van der Waals surface area contributed by atoms with E-state index in [9.17, 15) is 4.79 Å². The monoisotopic (exact) mass is 365 g/mol. The molecule has 0 radical (unpaired) electrons. The van der Waals surface area contributed by atoms with Crippen LogP contribution < -0.4 is 5.32 Å². The molecule has 0 aromatic rings. The zero-order valence-corrected chi connectivity index (χ0v) is 16.4. The maximum atomic E-state index is 12.3. The summed E-state index contributed by atoms with van der Waals surface area (Å²) in [6.45, 7) is 6.09. The maximum absolute atomic E-state index is 12.3. The van der Waals surface area contributed by atoms with Crippen molar-refractivity contribution in [3.05, 3.63) is 11.8 Å². The molecule has 148 valence electrons. The van der Waals surface area contributed by atoms with E-state index in [0.717, 1.165) is 25.9 Å².